The molecule has 1 aromatic carbocycles. The Morgan fingerprint density at radius 3 is 3.19 bits per heavy atom. The van der Waals surface area contributed by atoms with Gasteiger partial charge in [0.25, 0.3) is 6.01 Å². The summed E-state index contributed by atoms with van der Waals surface area (Å²) in [5, 5.41) is 6.60. The van der Waals surface area contributed by atoms with E-state index in [0.29, 0.717) is 11.9 Å². The minimum absolute atomic E-state index is 0.633. The van der Waals surface area contributed by atoms with Gasteiger partial charge in [0.15, 0.2) is 5.58 Å². The summed E-state index contributed by atoms with van der Waals surface area (Å²) in [6.07, 6.45) is 1.23. The van der Waals surface area contributed by atoms with Gasteiger partial charge in [-0.15, -0.1) is 0 Å². The number of aromatic nitrogens is 1. The molecule has 2 heterocycles. The molecule has 1 aliphatic rings. The van der Waals surface area contributed by atoms with Crippen LogP contribution in [0.1, 0.15) is 6.42 Å². The fourth-order valence-corrected chi connectivity index (χ4v) is 2.07. The Labute approximate surface area is 94.0 Å². The zero-order chi connectivity index (χ0) is 10.8. The average Bonchev–Trinajstić information content (AvgIpc) is 2.95. The van der Waals surface area contributed by atoms with Crippen LogP contribution in [-0.4, -0.2) is 24.6 Å². The number of benzene rings is 1. The lowest BCUT2D eigenvalue weighted by atomic mass is 10.1. The molecule has 2 N–H and O–H groups in total. The van der Waals surface area contributed by atoms with E-state index in [1.54, 1.807) is 0 Å². The Morgan fingerprint density at radius 1 is 1.44 bits per heavy atom. The Kier molecular flexibility index (Phi) is 2.50. The first-order valence-corrected chi connectivity index (χ1v) is 5.72. The second-order valence-corrected chi connectivity index (χ2v) is 4.23. The predicted octanol–water partition coefficient (Wildman–Crippen LogP) is 1.85. The van der Waals surface area contributed by atoms with Crippen molar-refractivity contribution in [2.75, 3.05) is 25.0 Å². The molecule has 2 aromatic rings. The van der Waals surface area contributed by atoms with Gasteiger partial charge in [-0.3, -0.25) is 0 Å². The molecule has 0 saturated carbocycles. The van der Waals surface area contributed by atoms with Crippen LogP contribution in [0.25, 0.3) is 11.1 Å². The summed E-state index contributed by atoms with van der Waals surface area (Å²) in [6, 6.07) is 8.45. The summed E-state index contributed by atoms with van der Waals surface area (Å²) in [7, 11) is 0. The van der Waals surface area contributed by atoms with Crippen molar-refractivity contribution in [2.45, 2.75) is 6.42 Å². The van der Waals surface area contributed by atoms with Crippen molar-refractivity contribution in [2.24, 2.45) is 5.92 Å². The molecule has 0 bridgehead atoms. The minimum Gasteiger partial charge on any atom is -0.424 e. The smallest absolute Gasteiger partial charge is 0.295 e. The number of para-hydroxylation sites is 2. The van der Waals surface area contributed by atoms with Crippen molar-refractivity contribution in [3.05, 3.63) is 24.3 Å². The molecule has 1 aliphatic heterocycles. The highest BCUT2D eigenvalue weighted by Gasteiger charge is 2.14. The van der Waals surface area contributed by atoms with E-state index in [2.05, 4.69) is 15.6 Å². The number of fused-ring (bicyclic) bond motifs is 1. The quantitative estimate of drug-likeness (QED) is 0.823. The molecule has 1 atom stereocenters. The molecule has 4 heteroatoms. The van der Waals surface area contributed by atoms with Crippen molar-refractivity contribution >= 4 is 17.1 Å². The number of nitrogens with one attached hydrogen (secondary N) is 2. The van der Waals surface area contributed by atoms with Crippen LogP contribution >= 0.6 is 0 Å². The highest BCUT2D eigenvalue weighted by Crippen LogP contribution is 2.18. The topological polar surface area (TPSA) is 50.1 Å². The predicted molar refractivity (Wildman–Crippen MR) is 63.5 cm³/mol. The summed E-state index contributed by atoms with van der Waals surface area (Å²) in [6.45, 7) is 3.15. The van der Waals surface area contributed by atoms with Gasteiger partial charge in [-0.2, -0.15) is 4.98 Å². The maximum Gasteiger partial charge on any atom is 0.295 e. The lowest BCUT2D eigenvalue weighted by Gasteiger charge is -2.07. The van der Waals surface area contributed by atoms with Gasteiger partial charge in [-0.25, -0.2) is 0 Å². The normalized spacial score (nSPS) is 20.4. The summed E-state index contributed by atoms with van der Waals surface area (Å²) >= 11 is 0. The Morgan fingerprint density at radius 2 is 2.38 bits per heavy atom. The maximum absolute atomic E-state index is 5.59. The molecule has 1 saturated heterocycles. The van der Waals surface area contributed by atoms with E-state index < -0.39 is 0 Å². The van der Waals surface area contributed by atoms with Gasteiger partial charge >= 0.3 is 0 Å². The maximum atomic E-state index is 5.59. The van der Waals surface area contributed by atoms with E-state index in [1.165, 1.54) is 6.42 Å². The SMILES string of the molecule is c1ccc2oc(NCC3CCNC3)nc2c1. The number of rotatable bonds is 3. The van der Waals surface area contributed by atoms with Crippen LogP contribution < -0.4 is 10.6 Å². The molecule has 16 heavy (non-hydrogen) atoms. The molecule has 0 spiro atoms. The first-order chi connectivity index (χ1) is 7.92. The van der Waals surface area contributed by atoms with E-state index in [0.717, 1.165) is 30.7 Å². The van der Waals surface area contributed by atoms with Crippen molar-refractivity contribution in [3.63, 3.8) is 0 Å². The highest BCUT2D eigenvalue weighted by atomic mass is 16.4. The number of oxazole rings is 1. The van der Waals surface area contributed by atoms with E-state index in [4.69, 9.17) is 4.42 Å². The standard InChI is InChI=1S/C12H15N3O/c1-2-4-11-10(3-1)15-12(16-11)14-8-9-5-6-13-7-9/h1-4,9,13H,5-8H2,(H,14,15). The second kappa shape index (κ2) is 4.14. The molecule has 3 rings (SSSR count). The summed E-state index contributed by atoms with van der Waals surface area (Å²) in [5.41, 5.74) is 1.75. The molecule has 1 fully saturated rings. The fraction of sp³-hybridized carbons (Fsp3) is 0.417. The van der Waals surface area contributed by atoms with Crippen LogP contribution in [0.15, 0.2) is 28.7 Å². The van der Waals surface area contributed by atoms with Gasteiger partial charge in [-0.05, 0) is 37.6 Å². The number of anilines is 1. The lowest BCUT2D eigenvalue weighted by Crippen LogP contribution is -2.17. The lowest BCUT2D eigenvalue weighted by molar-refractivity contribution is 0.574. The number of hydrogen-bond donors (Lipinski definition) is 2. The molecular weight excluding hydrogens is 202 g/mol. The third-order valence-electron chi connectivity index (χ3n) is 3.00. The van der Waals surface area contributed by atoms with Crippen molar-refractivity contribution < 1.29 is 4.42 Å². The first kappa shape index (κ1) is 9.66. The van der Waals surface area contributed by atoms with Crippen molar-refractivity contribution in [1.82, 2.24) is 10.3 Å². The zero-order valence-corrected chi connectivity index (χ0v) is 9.07. The van der Waals surface area contributed by atoms with Crippen LogP contribution in [0.3, 0.4) is 0 Å². The largest absolute Gasteiger partial charge is 0.424 e. The Bertz CT molecular complexity index is 441. The van der Waals surface area contributed by atoms with Gasteiger partial charge in [0.05, 0.1) is 0 Å². The molecule has 1 aromatic heterocycles. The Hall–Kier alpha value is -1.55. The van der Waals surface area contributed by atoms with Crippen molar-refractivity contribution in [3.8, 4) is 0 Å². The summed E-state index contributed by atoms with van der Waals surface area (Å²) in [5.74, 6) is 0.690. The van der Waals surface area contributed by atoms with Gasteiger partial charge in [0.1, 0.15) is 5.52 Å². The monoisotopic (exact) mass is 217 g/mol. The number of hydrogen-bond acceptors (Lipinski definition) is 4. The van der Waals surface area contributed by atoms with Gasteiger partial charge < -0.3 is 15.1 Å². The first-order valence-electron chi connectivity index (χ1n) is 5.72. The van der Waals surface area contributed by atoms with Crippen molar-refractivity contribution in [1.29, 1.82) is 0 Å². The van der Waals surface area contributed by atoms with E-state index in [9.17, 15) is 0 Å². The third kappa shape index (κ3) is 1.88. The fourth-order valence-electron chi connectivity index (χ4n) is 2.07. The molecule has 1 unspecified atom stereocenters. The molecule has 0 aliphatic carbocycles. The van der Waals surface area contributed by atoms with Gasteiger partial charge in [0, 0.05) is 6.54 Å². The molecule has 0 radical (unpaired) electrons. The Balaban J connectivity index is 1.69. The number of nitrogens with zero attached hydrogens (tertiary/aromatic N) is 1. The minimum atomic E-state index is 0.633. The molecule has 84 valence electrons. The third-order valence-corrected chi connectivity index (χ3v) is 3.00. The highest BCUT2D eigenvalue weighted by molar-refractivity contribution is 5.74. The van der Waals surface area contributed by atoms with E-state index in [-0.39, 0.29) is 0 Å². The average molecular weight is 217 g/mol. The van der Waals surface area contributed by atoms with Gasteiger partial charge in [-0.1, -0.05) is 12.1 Å². The second-order valence-electron chi connectivity index (χ2n) is 4.23. The molecule has 4 nitrogen and oxygen atoms in total. The van der Waals surface area contributed by atoms with Crippen LogP contribution in [-0.2, 0) is 0 Å². The van der Waals surface area contributed by atoms with Crippen LogP contribution in [0, 0.1) is 5.92 Å². The van der Waals surface area contributed by atoms with Crippen LogP contribution in [0.4, 0.5) is 6.01 Å². The summed E-state index contributed by atoms with van der Waals surface area (Å²) in [4.78, 5) is 4.38. The van der Waals surface area contributed by atoms with Crippen LogP contribution in [0.2, 0.25) is 0 Å². The molecular formula is C12H15N3O. The van der Waals surface area contributed by atoms with E-state index >= 15 is 0 Å². The summed E-state index contributed by atoms with van der Waals surface area (Å²) < 4.78 is 5.59. The molecule has 0 amide bonds. The van der Waals surface area contributed by atoms with Gasteiger partial charge in [0.2, 0.25) is 0 Å². The van der Waals surface area contributed by atoms with E-state index in [1.807, 2.05) is 24.3 Å². The zero-order valence-electron chi connectivity index (χ0n) is 9.07. The van der Waals surface area contributed by atoms with Crippen LogP contribution in [0.5, 0.6) is 0 Å².